The molecular weight excluding hydrogens is 176 g/mol. The van der Waals surface area contributed by atoms with Crippen LogP contribution in [0.25, 0.3) is 6.08 Å². The van der Waals surface area contributed by atoms with Crippen LogP contribution in [0, 0.1) is 0 Å². The summed E-state index contributed by atoms with van der Waals surface area (Å²) in [6.45, 7) is 2.44. The summed E-state index contributed by atoms with van der Waals surface area (Å²) in [6, 6.07) is 10.1. The highest BCUT2D eigenvalue weighted by Crippen LogP contribution is 2.01. The zero-order valence-electron chi connectivity index (χ0n) is 8.64. The van der Waals surface area contributed by atoms with Crippen molar-refractivity contribution in [3.05, 3.63) is 42.0 Å². The van der Waals surface area contributed by atoms with Gasteiger partial charge in [0.25, 0.3) is 0 Å². The van der Waals surface area contributed by atoms with E-state index < -0.39 is 0 Å². The predicted molar refractivity (Wildman–Crippen MR) is 57.9 cm³/mol. The molecule has 0 radical (unpaired) electrons. The second-order valence-electron chi connectivity index (χ2n) is 2.95. The lowest BCUT2D eigenvalue weighted by Crippen LogP contribution is -2.09. The van der Waals surface area contributed by atoms with Crippen LogP contribution in [0.3, 0.4) is 0 Å². The van der Waals surface area contributed by atoms with Gasteiger partial charge in [0.1, 0.15) is 0 Å². The molecule has 0 fully saturated rings. The summed E-state index contributed by atoms with van der Waals surface area (Å²) in [7, 11) is 1.63. The maximum Gasteiger partial charge on any atom is 0.154 e. The molecule has 0 saturated carbocycles. The highest BCUT2D eigenvalue weighted by Gasteiger charge is 1.94. The topological polar surface area (TPSA) is 18.5 Å². The van der Waals surface area contributed by atoms with Crippen molar-refractivity contribution in [3.8, 4) is 0 Å². The summed E-state index contributed by atoms with van der Waals surface area (Å²) >= 11 is 0. The first-order chi connectivity index (χ1) is 6.83. The zero-order valence-corrected chi connectivity index (χ0v) is 8.64. The molecule has 0 aliphatic rings. The molecule has 1 rings (SSSR count). The molecule has 76 valence electrons. The van der Waals surface area contributed by atoms with Gasteiger partial charge in [-0.3, -0.25) is 0 Å². The number of benzene rings is 1. The predicted octanol–water partition coefficient (Wildman–Crippen LogP) is 2.71. The van der Waals surface area contributed by atoms with Crippen molar-refractivity contribution in [3.63, 3.8) is 0 Å². The number of methoxy groups -OCH3 is 1. The van der Waals surface area contributed by atoms with E-state index in [1.54, 1.807) is 7.11 Å². The molecule has 0 bridgehead atoms. The lowest BCUT2D eigenvalue weighted by atomic mass is 10.2. The Balaban J connectivity index is 2.28. The number of rotatable bonds is 5. The van der Waals surface area contributed by atoms with Gasteiger partial charge in [-0.05, 0) is 12.5 Å². The largest absolute Gasteiger partial charge is 0.356 e. The normalized spacial score (nSPS) is 13.3. The second kappa shape index (κ2) is 6.35. The van der Waals surface area contributed by atoms with Gasteiger partial charge in [-0.2, -0.15) is 0 Å². The van der Waals surface area contributed by atoms with Gasteiger partial charge in [0, 0.05) is 7.11 Å². The Morgan fingerprint density at radius 2 is 2.00 bits per heavy atom. The van der Waals surface area contributed by atoms with Crippen molar-refractivity contribution in [2.24, 2.45) is 0 Å². The van der Waals surface area contributed by atoms with Crippen LogP contribution in [-0.4, -0.2) is 20.0 Å². The number of ether oxygens (including phenoxy) is 2. The van der Waals surface area contributed by atoms with E-state index in [4.69, 9.17) is 9.47 Å². The molecule has 0 spiro atoms. The van der Waals surface area contributed by atoms with E-state index in [-0.39, 0.29) is 6.29 Å². The molecule has 2 heteroatoms. The van der Waals surface area contributed by atoms with Crippen molar-refractivity contribution < 1.29 is 9.47 Å². The van der Waals surface area contributed by atoms with Crippen LogP contribution >= 0.6 is 0 Å². The molecule has 0 heterocycles. The van der Waals surface area contributed by atoms with Gasteiger partial charge in [0.05, 0.1) is 6.61 Å². The fourth-order valence-corrected chi connectivity index (χ4v) is 1.01. The zero-order chi connectivity index (χ0) is 10.2. The van der Waals surface area contributed by atoms with E-state index >= 15 is 0 Å². The van der Waals surface area contributed by atoms with Gasteiger partial charge >= 0.3 is 0 Å². The molecule has 0 aromatic heterocycles. The van der Waals surface area contributed by atoms with E-state index in [2.05, 4.69) is 12.1 Å². The maximum atomic E-state index is 5.30. The Morgan fingerprint density at radius 1 is 1.29 bits per heavy atom. The van der Waals surface area contributed by atoms with Crippen molar-refractivity contribution in [2.75, 3.05) is 13.7 Å². The Morgan fingerprint density at radius 3 is 2.64 bits per heavy atom. The first-order valence-electron chi connectivity index (χ1n) is 4.69. The van der Waals surface area contributed by atoms with Crippen LogP contribution in [-0.2, 0) is 9.47 Å². The Kier molecular flexibility index (Phi) is 4.97. The van der Waals surface area contributed by atoms with Gasteiger partial charge in [-0.15, -0.1) is 0 Å². The molecule has 0 amide bonds. The van der Waals surface area contributed by atoms with E-state index in [1.807, 2.05) is 37.3 Å². The van der Waals surface area contributed by atoms with Gasteiger partial charge in [0.15, 0.2) is 6.29 Å². The van der Waals surface area contributed by atoms with Crippen LogP contribution in [0.15, 0.2) is 36.4 Å². The van der Waals surface area contributed by atoms with E-state index in [0.717, 1.165) is 0 Å². The van der Waals surface area contributed by atoms with Crippen LogP contribution in [0.2, 0.25) is 0 Å². The summed E-state index contributed by atoms with van der Waals surface area (Å²) in [6.07, 6.45) is 3.86. The minimum atomic E-state index is -0.143. The lowest BCUT2D eigenvalue weighted by Gasteiger charge is -2.07. The molecule has 0 aliphatic heterocycles. The summed E-state index contributed by atoms with van der Waals surface area (Å²) < 4.78 is 10.3. The smallest absolute Gasteiger partial charge is 0.154 e. The quantitative estimate of drug-likeness (QED) is 0.668. The van der Waals surface area contributed by atoms with Gasteiger partial charge in [-0.1, -0.05) is 42.5 Å². The Bertz CT molecular complexity index is 267. The van der Waals surface area contributed by atoms with Crippen LogP contribution < -0.4 is 0 Å². The van der Waals surface area contributed by atoms with Crippen molar-refractivity contribution in [2.45, 2.75) is 13.2 Å². The van der Waals surface area contributed by atoms with Gasteiger partial charge < -0.3 is 9.47 Å². The molecule has 0 saturated heterocycles. The molecule has 1 aromatic carbocycles. The monoisotopic (exact) mass is 192 g/mol. The minimum Gasteiger partial charge on any atom is -0.356 e. The molecular formula is C12H16O2. The fraction of sp³-hybridized carbons (Fsp3) is 0.333. The molecule has 0 N–H and O–H groups in total. The summed E-state index contributed by atoms with van der Waals surface area (Å²) in [5.41, 5.74) is 1.18. The summed E-state index contributed by atoms with van der Waals surface area (Å²) in [5, 5.41) is 0. The SMILES string of the molecule is COC(C)OC/C=C/c1ccccc1. The van der Waals surface area contributed by atoms with Crippen molar-refractivity contribution >= 4 is 6.08 Å². The summed E-state index contributed by atoms with van der Waals surface area (Å²) in [5.74, 6) is 0. The lowest BCUT2D eigenvalue weighted by molar-refractivity contribution is -0.101. The van der Waals surface area contributed by atoms with Gasteiger partial charge in [-0.25, -0.2) is 0 Å². The Hall–Kier alpha value is -1.12. The highest BCUT2D eigenvalue weighted by atomic mass is 16.7. The van der Waals surface area contributed by atoms with Crippen LogP contribution in [0.1, 0.15) is 12.5 Å². The standard InChI is InChI=1S/C12H16O2/c1-11(13-2)14-10-6-9-12-7-4-3-5-8-12/h3-9,11H,10H2,1-2H3/b9-6+. The molecule has 0 aliphatic carbocycles. The molecule has 1 unspecified atom stereocenters. The first kappa shape index (κ1) is 11.0. The summed E-state index contributed by atoms with van der Waals surface area (Å²) in [4.78, 5) is 0. The van der Waals surface area contributed by atoms with Crippen LogP contribution in [0.5, 0.6) is 0 Å². The average Bonchev–Trinajstić information content (AvgIpc) is 2.25. The van der Waals surface area contributed by atoms with Gasteiger partial charge in [0.2, 0.25) is 0 Å². The highest BCUT2D eigenvalue weighted by molar-refractivity contribution is 5.48. The van der Waals surface area contributed by atoms with Crippen molar-refractivity contribution in [1.29, 1.82) is 0 Å². The second-order valence-corrected chi connectivity index (χ2v) is 2.95. The first-order valence-corrected chi connectivity index (χ1v) is 4.69. The number of hydrogen-bond acceptors (Lipinski definition) is 2. The molecule has 1 aromatic rings. The fourth-order valence-electron chi connectivity index (χ4n) is 1.01. The van der Waals surface area contributed by atoms with E-state index in [9.17, 15) is 0 Å². The van der Waals surface area contributed by atoms with E-state index in [0.29, 0.717) is 6.61 Å². The van der Waals surface area contributed by atoms with E-state index in [1.165, 1.54) is 5.56 Å². The maximum absolute atomic E-state index is 5.30. The average molecular weight is 192 g/mol. The third-order valence-electron chi connectivity index (χ3n) is 1.87. The third-order valence-corrected chi connectivity index (χ3v) is 1.87. The number of hydrogen-bond donors (Lipinski definition) is 0. The molecule has 14 heavy (non-hydrogen) atoms. The minimum absolute atomic E-state index is 0.143. The molecule has 1 atom stereocenters. The van der Waals surface area contributed by atoms with Crippen LogP contribution in [0.4, 0.5) is 0 Å². The third kappa shape index (κ3) is 4.21. The van der Waals surface area contributed by atoms with Crippen molar-refractivity contribution in [1.82, 2.24) is 0 Å². The molecule has 2 nitrogen and oxygen atoms in total. The Labute approximate surface area is 85.2 Å².